The maximum Gasteiger partial charge on any atom is 0.255 e. The first kappa shape index (κ1) is 12.5. The Morgan fingerprint density at radius 3 is 2.61 bits per heavy atom. The van der Waals surface area contributed by atoms with E-state index < -0.39 is 6.04 Å². The fraction of sp³-hybridized carbons (Fsp3) is 0.538. The lowest BCUT2D eigenvalue weighted by Crippen LogP contribution is -2.40. The van der Waals surface area contributed by atoms with E-state index >= 15 is 0 Å². The molecule has 1 amide bonds. The van der Waals surface area contributed by atoms with Crippen LogP contribution in [0.5, 0.6) is 0 Å². The van der Waals surface area contributed by atoms with Crippen LogP contribution in [0.1, 0.15) is 42.5 Å². The third-order valence-corrected chi connectivity index (χ3v) is 3.37. The molecule has 2 rings (SSSR count). The molecule has 18 heavy (non-hydrogen) atoms. The number of hydrogen-bond acceptors (Lipinski definition) is 4. The van der Waals surface area contributed by atoms with Gasteiger partial charge in [0.25, 0.3) is 5.91 Å². The molecule has 94 valence electrons. The summed E-state index contributed by atoms with van der Waals surface area (Å²) in [6.45, 7) is 0. The minimum atomic E-state index is -0.405. The van der Waals surface area contributed by atoms with E-state index in [1.54, 1.807) is 0 Å². The zero-order valence-electron chi connectivity index (χ0n) is 10.2. The molecule has 1 aromatic rings. The number of carbonyl (C=O) groups is 1. The Morgan fingerprint density at radius 2 is 2.00 bits per heavy atom. The van der Waals surface area contributed by atoms with Gasteiger partial charge < -0.3 is 5.32 Å². The van der Waals surface area contributed by atoms with Crippen molar-refractivity contribution in [1.82, 2.24) is 15.3 Å². The zero-order chi connectivity index (χ0) is 12.8. The second-order valence-electron chi connectivity index (χ2n) is 4.61. The quantitative estimate of drug-likeness (QED) is 0.877. The molecule has 0 aromatic carbocycles. The molecule has 5 nitrogen and oxygen atoms in total. The summed E-state index contributed by atoms with van der Waals surface area (Å²) in [5.41, 5.74) is 0.397. The Labute approximate surface area is 106 Å². The van der Waals surface area contributed by atoms with Crippen molar-refractivity contribution in [1.29, 1.82) is 5.26 Å². The maximum absolute atomic E-state index is 11.9. The van der Waals surface area contributed by atoms with E-state index in [1.807, 2.05) is 0 Å². The van der Waals surface area contributed by atoms with Gasteiger partial charge in [-0.3, -0.25) is 4.79 Å². The molecule has 5 heteroatoms. The number of aromatic nitrogens is 2. The molecule has 1 aliphatic rings. The van der Waals surface area contributed by atoms with Crippen LogP contribution in [-0.2, 0) is 0 Å². The third-order valence-electron chi connectivity index (χ3n) is 3.37. The Kier molecular flexibility index (Phi) is 4.24. The lowest BCUT2D eigenvalue weighted by Gasteiger charge is -2.26. The third kappa shape index (κ3) is 3.04. The van der Waals surface area contributed by atoms with Crippen LogP contribution in [0.3, 0.4) is 0 Å². The Morgan fingerprint density at radius 1 is 1.33 bits per heavy atom. The van der Waals surface area contributed by atoms with Crippen LogP contribution in [0.2, 0.25) is 0 Å². The molecule has 1 atom stereocenters. The molecule has 1 fully saturated rings. The normalized spacial score (nSPS) is 17.7. The summed E-state index contributed by atoms with van der Waals surface area (Å²) >= 11 is 0. The monoisotopic (exact) mass is 244 g/mol. The highest BCUT2D eigenvalue weighted by Crippen LogP contribution is 2.26. The Bertz CT molecular complexity index is 434. The highest BCUT2D eigenvalue weighted by atomic mass is 16.1. The largest absolute Gasteiger partial charge is 0.336 e. The summed E-state index contributed by atoms with van der Waals surface area (Å²) < 4.78 is 0. The van der Waals surface area contributed by atoms with Gasteiger partial charge in [-0.15, -0.1) is 0 Å². The zero-order valence-corrected chi connectivity index (χ0v) is 10.2. The Balaban J connectivity index is 1.98. The van der Waals surface area contributed by atoms with Crippen molar-refractivity contribution in [3.63, 3.8) is 0 Å². The lowest BCUT2D eigenvalue weighted by molar-refractivity contribution is 0.0928. The van der Waals surface area contributed by atoms with Crippen LogP contribution >= 0.6 is 0 Å². The van der Waals surface area contributed by atoms with E-state index in [0.717, 1.165) is 25.7 Å². The van der Waals surface area contributed by atoms with Gasteiger partial charge >= 0.3 is 0 Å². The van der Waals surface area contributed by atoms with Gasteiger partial charge in [0.05, 0.1) is 11.6 Å². The van der Waals surface area contributed by atoms with Crippen molar-refractivity contribution >= 4 is 5.91 Å². The van der Waals surface area contributed by atoms with E-state index in [-0.39, 0.29) is 11.8 Å². The van der Waals surface area contributed by atoms with E-state index in [2.05, 4.69) is 21.4 Å². The van der Waals surface area contributed by atoms with Crippen LogP contribution in [0.15, 0.2) is 18.7 Å². The maximum atomic E-state index is 11.9. The van der Waals surface area contributed by atoms with E-state index in [9.17, 15) is 10.1 Å². The molecule has 1 N–H and O–H groups in total. The summed E-state index contributed by atoms with van der Waals surface area (Å²) in [4.78, 5) is 19.5. The minimum Gasteiger partial charge on any atom is -0.336 e. The molecule has 0 saturated heterocycles. The topological polar surface area (TPSA) is 78.7 Å². The molecule has 1 heterocycles. The number of hydrogen-bond donors (Lipinski definition) is 1. The summed E-state index contributed by atoms with van der Waals surface area (Å²) in [7, 11) is 0. The van der Waals surface area contributed by atoms with Gasteiger partial charge in [0.1, 0.15) is 12.4 Å². The number of nitrogens with one attached hydrogen (secondary N) is 1. The van der Waals surface area contributed by atoms with Gasteiger partial charge in [0.15, 0.2) is 0 Å². The molecular formula is C13H16N4O. The van der Waals surface area contributed by atoms with Gasteiger partial charge in [0, 0.05) is 12.4 Å². The number of nitriles is 1. The van der Waals surface area contributed by atoms with Crippen molar-refractivity contribution in [3.05, 3.63) is 24.3 Å². The van der Waals surface area contributed by atoms with Crippen LogP contribution < -0.4 is 5.32 Å². The summed E-state index contributed by atoms with van der Waals surface area (Å²) in [5, 5.41) is 12.0. The number of carbonyl (C=O) groups excluding carboxylic acids is 1. The molecule has 1 aromatic heterocycles. The number of nitrogens with zero attached hydrogens (tertiary/aromatic N) is 3. The van der Waals surface area contributed by atoms with E-state index in [0.29, 0.717) is 5.56 Å². The first-order valence-electron chi connectivity index (χ1n) is 6.27. The van der Waals surface area contributed by atoms with Crippen molar-refractivity contribution in [2.45, 2.75) is 38.1 Å². The van der Waals surface area contributed by atoms with Gasteiger partial charge in [-0.2, -0.15) is 5.26 Å². The molecule has 1 aliphatic carbocycles. The van der Waals surface area contributed by atoms with Crippen LogP contribution in [0.4, 0.5) is 0 Å². The SMILES string of the molecule is N#CC(NC(=O)c1cncnc1)C1CCCCC1. The first-order chi connectivity index (χ1) is 8.81. The average Bonchev–Trinajstić information content (AvgIpc) is 2.46. The number of amides is 1. The fourth-order valence-corrected chi connectivity index (χ4v) is 2.36. The highest BCUT2D eigenvalue weighted by molar-refractivity contribution is 5.93. The first-order valence-corrected chi connectivity index (χ1v) is 6.27. The number of rotatable bonds is 3. The summed E-state index contributed by atoms with van der Waals surface area (Å²) in [5.74, 6) is 0.00468. The lowest BCUT2D eigenvalue weighted by atomic mass is 9.84. The summed E-state index contributed by atoms with van der Waals surface area (Å²) in [6, 6.07) is 1.80. The average molecular weight is 244 g/mol. The van der Waals surface area contributed by atoms with Crippen LogP contribution in [-0.4, -0.2) is 21.9 Å². The second kappa shape index (κ2) is 6.10. The molecule has 1 unspecified atom stereocenters. The molecule has 1 saturated carbocycles. The highest BCUT2D eigenvalue weighted by Gasteiger charge is 2.25. The van der Waals surface area contributed by atoms with Gasteiger partial charge in [-0.25, -0.2) is 9.97 Å². The Hall–Kier alpha value is -1.96. The predicted octanol–water partition coefficient (Wildman–Crippen LogP) is 1.68. The van der Waals surface area contributed by atoms with E-state index in [1.165, 1.54) is 25.1 Å². The van der Waals surface area contributed by atoms with Crippen molar-refractivity contribution in [2.75, 3.05) is 0 Å². The molecule has 0 spiro atoms. The molecule has 0 bridgehead atoms. The summed E-state index contributed by atoms with van der Waals surface area (Å²) in [6.07, 6.45) is 9.85. The molecular weight excluding hydrogens is 228 g/mol. The van der Waals surface area contributed by atoms with Gasteiger partial charge in [-0.05, 0) is 18.8 Å². The molecule has 0 aliphatic heterocycles. The van der Waals surface area contributed by atoms with Crippen molar-refractivity contribution < 1.29 is 4.79 Å². The minimum absolute atomic E-state index is 0.271. The predicted molar refractivity (Wildman–Crippen MR) is 65.5 cm³/mol. The standard InChI is InChI=1S/C13H16N4O/c14-6-12(10-4-2-1-3-5-10)17-13(18)11-7-15-9-16-8-11/h7-10,12H,1-5H2,(H,17,18). The second-order valence-corrected chi connectivity index (χ2v) is 4.61. The smallest absolute Gasteiger partial charge is 0.255 e. The fourth-order valence-electron chi connectivity index (χ4n) is 2.36. The van der Waals surface area contributed by atoms with Gasteiger partial charge in [0.2, 0.25) is 0 Å². The van der Waals surface area contributed by atoms with Crippen LogP contribution in [0.25, 0.3) is 0 Å². The molecule has 0 radical (unpaired) electrons. The van der Waals surface area contributed by atoms with Gasteiger partial charge in [-0.1, -0.05) is 19.3 Å². The van der Waals surface area contributed by atoms with Crippen molar-refractivity contribution in [2.24, 2.45) is 5.92 Å². The van der Waals surface area contributed by atoms with E-state index in [4.69, 9.17) is 0 Å². The van der Waals surface area contributed by atoms with Crippen LogP contribution in [0, 0.1) is 17.2 Å². The van der Waals surface area contributed by atoms with Crippen molar-refractivity contribution in [3.8, 4) is 6.07 Å².